The van der Waals surface area contributed by atoms with Crippen molar-refractivity contribution >= 4 is 5.69 Å². The number of aryl methyl sites for hydroxylation is 2. The van der Waals surface area contributed by atoms with Crippen LogP contribution in [0.3, 0.4) is 0 Å². The van der Waals surface area contributed by atoms with Gasteiger partial charge in [-0.15, -0.1) is 0 Å². The number of benzene rings is 1. The van der Waals surface area contributed by atoms with Gasteiger partial charge >= 0.3 is 0 Å². The van der Waals surface area contributed by atoms with Crippen LogP contribution in [0.2, 0.25) is 0 Å². The van der Waals surface area contributed by atoms with Gasteiger partial charge in [-0.1, -0.05) is 6.07 Å². The van der Waals surface area contributed by atoms with Gasteiger partial charge in [0, 0.05) is 49.1 Å². The average molecular weight is 322 g/mol. The Kier molecular flexibility index (Phi) is 4.35. The van der Waals surface area contributed by atoms with E-state index in [0.29, 0.717) is 12.2 Å². The first-order valence-electron chi connectivity index (χ1n) is 8.73. The molecule has 0 saturated carbocycles. The average Bonchev–Trinajstić information content (AvgIpc) is 2.92. The van der Waals surface area contributed by atoms with E-state index in [1.165, 1.54) is 28.2 Å². The zero-order valence-electron chi connectivity index (χ0n) is 15.6. The Morgan fingerprint density at radius 3 is 2.42 bits per heavy atom. The summed E-state index contributed by atoms with van der Waals surface area (Å²) in [5.74, 6) is 0. The molecule has 0 radical (unpaired) electrons. The lowest BCUT2D eigenvalue weighted by atomic mass is 10.1. The predicted octanol–water partition coefficient (Wildman–Crippen LogP) is 4.24. The molecule has 0 fully saturated rings. The Morgan fingerprint density at radius 1 is 1.04 bits per heavy atom. The van der Waals surface area contributed by atoms with Crippen molar-refractivity contribution in [2.75, 3.05) is 4.90 Å². The molecule has 0 unspecified atom stereocenters. The molecular weight excluding hydrogens is 294 g/mol. The maximum Gasteiger partial charge on any atom is 0.216 e. The Morgan fingerprint density at radius 2 is 1.79 bits per heavy atom. The van der Waals surface area contributed by atoms with E-state index in [1.807, 2.05) is 0 Å². The largest absolute Gasteiger partial charge is 0.353 e. The maximum atomic E-state index is 2.39. The normalized spacial score (nSPS) is 17.2. The van der Waals surface area contributed by atoms with Crippen molar-refractivity contribution in [3.8, 4) is 5.69 Å². The zero-order valence-corrected chi connectivity index (χ0v) is 15.6. The molecule has 1 aromatic carbocycles. The predicted molar refractivity (Wildman–Crippen MR) is 100 cm³/mol. The molecule has 0 N–H and O–H groups in total. The molecule has 0 spiro atoms. The fraction of sp³-hybridized carbons (Fsp3) is 0.381. The highest BCUT2D eigenvalue weighted by Crippen LogP contribution is 2.31. The van der Waals surface area contributed by atoms with E-state index in [4.69, 9.17) is 0 Å². The van der Waals surface area contributed by atoms with Crippen LogP contribution in [0.5, 0.6) is 0 Å². The van der Waals surface area contributed by atoms with Crippen LogP contribution < -0.4 is 9.47 Å². The van der Waals surface area contributed by atoms with Crippen LogP contribution >= 0.6 is 0 Å². The van der Waals surface area contributed by atoms with Gasteiger partial charge in [-0.3, -0.25) is 0 Å². The van der Waals surface area contributed by atoms with E-state index >= 15 is 0 Å². The second-order valence-electron chi connectivity index (χ2n) is 7.02. The molecule has 2 heterocycles. The second-order valence-corrected chi connectivity index (χ2v) is 7.02. The van der Waals surface area contributed by atoms with Gasteiger partial charge in [-0.05, 0) is 46.2 Å². The number of aromatic nitrogens is 1. The van der Waals surface area contributed by atoms with Gasteiger partial charge in [0.05, 0.1) is 5.69 Å². The molecule has 126 valence electrons. The number of pyridine rings is 1. The number of rotatable bonds is 3. The molecule has 3 rings (SSSR count). The van der Waals surface area contributed by atoms with Crippen LogP contribution in [0.4, 0.5) is 5.69 Å². The molecule has 1 aromatic heterocycles. The van der Waals surface area contributed by atoms with E-state index < -0.39 is 0 Å². The zero-order chi connectivity index (χ0) is 17.4. The second kappa shape index (κ2) is 6.31. The molecule has 0 bridgehead atoms. The quantitative estimate of drug-likeness (QED) is 0.783. The van der Waals surface area contributed by atoms with Crippen LogP contribution in [0.15, 0.2) is 48.9 Å². The summed E-state index contributed by atoms with van der Waals surface area (Å²) < 4.78 is 2.27. The summed E-state index contributed by atoms with van der Waals surface area (Å²) in [7, 11) is 0. The van der Waals surface area contributed by atoms with Crippen molar-refractivity contribution in [3.05, 3.63) is 65.7 Å². The first kappa shape index (κ1) is 16.6. The first-order valence-corrected chi connectivity index (χ1v) is 8.73. The van der Waals surface area contributed by atoms with Gasteiger partial charge in [0.2, 0.25) is 5.69 Å². The van der Waals surface area contributed by atoms with Crippen molar-refractivity contribution in [2.45, 2.75) is 53.8 Å². The van der Waals surface area contributed by atoms with Crippen LogP contribution in [-0.2, 0) is 0 Å². The smallest absolute Gasteiger partial charge is 0.216 e. The molecule has 0 saturated heterocycles. The van der Waals surface area contributed by atoms with Crippen LogP contribution in [0.1, 0.15) is 37.6 Å². The highest BCUT2D eigenvalue weighted by Gasteiger charge is 2.28. The Labute approximate surface area is 145 Å². The SMILES string of the molecule is Cc1cc(N2C=CN(C(C)C)[C@H]2C)c(C)c(-[n+]2ccccc2C)c1. The third-order valence-electron chi connectivity index (χ3n) is 4.93. The summed E-state index contributed by atoms with van der Waals surface area (Å²) in [6.45, 7) is 13.3. The van der Waals surface area contributed by atoms with E-state index in [2.05, 4.69) is 105 Å². The molecule has 24 heavy (non-hydrogen) atoms. The summed E-state index contributed by atoms with van der Waals surface area (Å²) in [6, 6.07) is 11.4. The van der Waals surface area contributed by atoms with Gasteiger partial charge < -0.3 is 9.80 Å². The monoisotopic (exact) mass is 322 g/mol. The minimum absolute atomic E-state index is 0.334. The number of anilines is 1. The Bertz CT molecular complexity index is 777. The molecule has 0 amide bonds. The maximum absolute atomic E-state index is 2.39. The Hall–Kier alpha value is -2.29. The summed E-state index contributed by atoms with van der Waals surface area (Å²) in [4.78, 5) is 4.77. The molecular formula is C21H28N3+. The summed E-state index contributed by atoms with van der Waals surface area (Å²) in [5.41, 5.74) is 6.37. The van der Waals surface area contributed by atoms with Crippen molar-refractivity contribution in [1.82, 2.24) is 4.90 Å². The van der Waals surface area contributed by atoms with Gasteiger partial charge in [-0.2, -0.15) is 4.57 Å². The van der Waals surface area contributed by atoms with E-state index in [0.717, 1.165) is 0 Å². The number of hydrogen-bond donors (Lipinski definition) is 0. The third-order valence-corrected chi connectivity index (χ3v) is 4.93. The summed E-state index contributed by atoms with van der Waals surface area (Å²) in [5, 5.41) is 0. The van der Waals surface area contributed by atoms with E-state index in [1.54, 1.807) is 0 Å². The molecule has 1 aliphatic rings. The lowest BCUT2D eigenvalue weighted by Crippen LogP contribution is -2.40. The topological polar surface area (TPSA) is 10.4 Å². The number of nitrogens with zero attached hydrogens (tertiary/aromatic N) is 3. The molecule has 0 aliphatic carbocycles. The highest BCUT2D eigenvalue weighted by atomic mass is 15.4. The minimum atomic E-state index is 0.334. The minimum Gasteiger partial charge on any atom is -0.353 e. The molecule has 3 heteroatoms. The summed E-state index contributed by atoms with van der Waals surface area (Å²) in [6.07, 6.45) is 6.89. The van der Waals surface area contributed by atoms with Crippen LogP contribution in [0.25, 0.3) is 5.69 Å². The van der Waals surface area contributed by atoms with Crippen LogP contribution in [0, 0.1) is 20.8 Å². The lowest BCUT2D eigenvalue weighted by Gasteiger charge is -2.33. The molecule has 2 aromatic rings. The third kappa shape index (κ3) is 2.79. The van der Waals surface area contributed by atoms with E-state index in [-0.39, 0.29) is 0 Å². The molecule has 1 aliphatic heterocycles. The van der Waals surface area contributed by atoms with Gasteiger partial charge in [-0.25, -0.2) is 0 Å². The summed E-state index contributed by atoms with van der Waals surface area (Å²) >= 11 is 0. The lowest BCUT2D eigenvalue weighted by molar-refractivity contribution is -0.603. The van der Waals surface area contributed by atoms with Crippen molar-refractivity contribution in [1.29, 1.82) is 0 Å². The molecule has 1 atom stereocenters. The van der Waals surface area contributed by atoms with Crippen molar-refractivity contribution < 1.29 is 4.57 Å². The first-order chi connectivity index (χ1) is 11.4. The fourth-order valence-corrected chi connectivity index (χ4v) is 3.56. The standard InChI is InChI=1S/C21H28N3/c1-15(2)22-11-12-24(19(22)6)21-14-16(3)13-20(18(21)5)23-10-8-7-9-17(23)4/h7-15,19H,1-6H3/q+1/t19-/m1/s1. The van der Waals surface area contributed by atoms with Crippen molar-refractivity contribution in [3.63, 3.8) is 0 Å². The highest BCUT2D eigenvalue weighted by molar-refractivity contribution is 5.63. The number of hydrogen-bond acceptors (Lipinski definition) is 2. The van der Waals surface area contributed by atoms with Crippen LogP contribution in [-0.4, -0.2) is 17.1 Å². The fourth-order valence-electron chi connectivity index (χ4n) is 3.56. The van der Waals surface area contributed by atoms with Crippen molar-refractivity contribution in [2.24, 2.45) is 0 Å². The van der Waals surface area contributed by atoms with Gasteiger partial charge in [0.25, 0.3) is 0 Å². The van der Waals surface area contributed by atoms with E-state index in [9.17, 15) is 0 Å². The van der Waals surface area contributed by atoms with Gasteiger partial charge in [0.15, 0.2) is 11.9 Å². The van der Waals surface area contributed by atoms with Gasteiger partial charge in [0.1, 0.15) is 6.17 Å². The molecule has 3 nitrogen and oxygen atoms in total. The Balaban J connectivity index is 2.09.